The van der Waals surface area contributed by atoms with Gasteiger partial charge in [0, 0.05) is 55.7 Å². The fourth-order valence-electron chi connectivity index (χ4n) is 5.03. The van der Waals surface area contributed by atoms with Crippen molar-refractivity contribution in [3.63, 3.8) is 0 Å². The van der Waals surface area contributed by atoms with Crippen LogP contribution in [0, 0.1) is 35.3 Å². The first-order valence-electron chi connectivity index (χ1n) is 11.5. The standard InChI is InChI=1S/C24H30N6O3/c1-17-18(2)29(20-5-3-4-6-20)24(22(17)15-25)26-23(31)16-27-11-13-28(14-12-27)19-7-9-21(10-8-19)30(32)33/h7-10,20H,3-6,11-14,16H2,1-2H3,(H,26,31). The van der Waals surface area contributed by atoms with Gasteiger partial charge < -0.3 is 14.8 Å². The van der Waals surface area contributed by atoms with Crippen LogP contribution in [0.5, 0.6) is 0 Å². The van der Waals surface area contributed by atoms with Gasteiger partial charge in [0.15, 0.2) is 0 Å². The molecule has 0 atom stereocenters. The van der Waals surface area contributed by atoms with Crippen LogP contribution in [0.3, 0.4) is 0 Å². The van der Waals surface area contributed by atoms with Gasteiger partial charge in [-0.05, 0) is 44.4 Å². The molecule has 0 unspecified atom stereocenters. The molecular weight excluding hydrogens is 420 g/mol. The highest BCUT2D eigenvalue weighted by molar-refractivity contribution is 5.93. The maximum Gasteiger partial charge on any atom is 0.269 e. The van der Waals surface area contributed by atoms with Crippen LogP contribution >= 0.6 is 0 Å². The van der Waals surface area contributed by atoms with E-state index >= 15 is 0 Å². The zero-order valence-electron chi connectivity index (χ0n) is 19.2. The van der Waals surface area contributed by atoms with Gasteiger partial charge in [0.05, 0.1) is 17.0 Å². The second-order valence-electron chi connectivity index (χ2n) is 8.94. The van der Waals surface area contributed by atoms with Crippen LogP contribution in [0.15, 0.2) is 24.3 Å². The molecule has 2 aromatic rings. The van der Waals surface area contributed by atoms with Gasteiger partial charge in [0.2, 0.25) is 5.91 Å². The van der Waals surface area contributed by atoms with Crippen molar-refractivity contribution in [1.82, 2.24) is 9.47 Å². The van der Waals surface area contributed by atoms with Crippen molar-refractivity contribution in [2.75, 3.05) is 42.9 Å². The minimum Gasteiger partial charge on any atom is -0.369 e. The lowest BCUT2D eigenvalue weighted by Gasteiger charge is -2.35. The molecule has 9 nitrogen and oxygen atoms in total. The minimum atomic E-state index is -0.399. The van der Waals surface area contributed by atoms with E-state index in [0.717, 1.165) is 56.0 Å². The van der Waals surface area contributed by atoms with Crippen molar-refractivity contribution < 1.29 is 9.72 Å². The fraction of sp³-hybridized carbons (Fsp3) is 0.500. The van der Waals surface area contributed by atoms with Crippen molar-refractivity contribution >= 4 is 23.1 Å². The molecule has 1 amide bonds. The van der Waals surface area contributed by atoms with Crippen LogP contribution in [0.1, 0.15) is 48.5 Å². The Morgan fingerprint density at radius 2 is 1.79 bits per heavy atom. The van der Waals surface area contributed by atoms with E-state index in [1.807, 2.05) is 13.8 Å². The number of hydrogen-bond acceptors (Lipinski definition) is 6. The quantitative estimate of drug-likeness (QED) is 0.530. The predicted octanol–water partition coefficient (Wildman–Crippen LogP) is 3.76. The zero-order valence-corrected chi connectivity index (χ0v) is 19.2. The Balaban J connectivity index is 1.38. The summed E-state index contributed by atoms with van der Waals surface area (Å²) < 4.78 is 2.17. The smallest absolute Gasteiger partial charge is 0.269 e. The molecule has 1 saturated heterocycles. The number of non-ortho nitro benzene ring substituents is 1. The first-order valence-corrected chi connectivity index (χ1v) is 11.5. The Bertz CT molecular complexity index is 1070. The monoisotopic (exact) mass is 450 g/mol. The highest BCUT2D eigenvalue weighted by Gasteiger charge is 2.27. The number of carbonyl (C=O) groups is 1. The van der Waals surface area contributed by atoms with Gasteiger partial charge in [0.1, 0.15) is 11.9 Å². The van der Waals surface area contributed by atoms with E-state index in [-0.39, 0.29) is 18.1 Å². The van der Waals surface area contributed by atoms with E-state index in [1.165, 1.54) is 25.0 Å². The largest absolute Gasteiger partial charge is 0.369 e. The van der Waals surface area contributed by atoms with Crippen molar-refractivity contribution in [2.45, 2.75) is 45.6 Å². The summed E-state index contributed by atoms with van der Waals surface area (Å²) in [5.74, 6) is 0.543. The van der Waals surface area contributed by atoms with Crippen LogP contribution in [0.4, 0.5) is 17.2 Å². The number of piperazine rings is 1. The molecule has 1 saturated carbocycles. The molecule has 33 heavy (non-hydrogen) atoms. The summed E-state index contributed by atoms with van der Waals surface area (Å²) in [6.45, 7) is 7.17. The van der Waals surface area contributed by atoms with E-state index in [0.29, 0.717) is 17.4 Å². The molecule has 0 bridgehead atoms. The number of nitro benzene ring substituents is 1. The molecule has 1 aromatic heterocycles. The van der Waals surface area contributed by atoms with Crippen LogP contribution in [-0.4, -0.2) is 53.0 Å². The highest BCUT2D eigenvalue weighted by Crippen LogP contribution is 2.37. The molecule has 1 aliphatic carbocycles. The average molecular weight is 451 g/mol. The molecule has 2 heterocycles. The number of rotatable bonds is 6. The van der Waals surface area contributed by atoms with Crippen molar-refractivity contribution in [3.05, 3.63) is 51.2 Å². The Kier molecular flexibility index (Phi) is 6.65. The van der Waals surface area contributed by atoms with Crippen molar-refractivity contribution in [1.29, 1.82) is 5.26 Å². The normalized spacial score (nSPS) is 17.2. The van der Waals surface area contributed by atoms with Crippen LogP contribution in [0.25, 0.3) is 0 Å². The topological polar surface area (TPSA) is 107 Å². The van der Waals surface area contributed by atoms with E-state index in [4.69, 9.17) is 0 Å². The number of nitrogens with one attached hydrogen (secondary N) is 1. The number of nitrogens with zero attached hydrogens (tertiary/aromatic N) is 5. The molecule has 2 aliphatic rings. The number of amides is 1. The van der Waals surface area contributed by atoms with E-state index in [2.05, 4.69) is 25.8 Å². The SMILES string of the molecule is Cc1c(C#N)c(NC(=O)CN2CCN(c3ccc([N+](=O)[O-])cc3)CC2)n(C2CCCC2)c1C. The lowest BCUT2D eigenvalue weighted by Crippen LogP contribution is -2.48. The summed E-state index contributed by atoms with van der Waals surface area (Å²) in [4.78, 5) is 27.7. The molecule has 4 rings (SSSR count). The second kappa shape index (κ2) is 9.63. The third-order valence-corrected chi connectivity index (χ3v) is 6.98. The fourth-order valence-corrected chi connectivity index (χ4v) is 5.03. The third kappa shape index (κ3) is 4.71. The predicted molar refractivity (Wildman–Crippen MR) is 127 cm³/mol. The Labute approximate surface area is 193 Å². The lowest BCUT2D eigenvalue weighted by atomic mass is 10.2. The number of carbonyl (C=O) groups excluding carboxylic acids is 1. The molecule has 1 aromatic carbocycles. The lowest BCUT2D eigenvalue weighted by molar-refractivity contribution is -0.384. The molecule has 174 valence electrons. The highest BCUT2D eigenvalue weighted by atomic mass is 16.6. The van der Waals surface area contributed by atoms with Crippen molar-refractivity contribution in [2.24, 2.45) is 0 Å². The number of nitro groups is 1. The molecule has 0 radical (unpaired) electrons. The number of anilines is 2. The maximum absolute atomic E-state index is 12.9. The molecular formula is C24H30N6O3. The summed E-state index contributed by atoms with van der Waals surface area (Å²) in [5.41, 5.74) is 3.60. The number of hydrogen-bond donors (Lipinski definition) is 1. The first-order chi connectivity index (χ1) is 15.9. The van der Waals surface area contributed by atoms with E-state index in [1.54, 1.807) is 12.1 Å². The van der Waals surface area contributed by atoms with E-state index in [9.17, 15) is 20.2 Å². The minimum absolute atomic E-state index is 0.0821. The number of aromatic nitrogens is 1. The average Bonchev–Trinajstić information content (AvgIpc) is 3.41. The summed E-state index contributed by atoms with van der Waals surface area (Å²) in [7, 11) is 0. The van der Waals surface area contributed by atoms with Gasteiger partial charge in [0.25, 0.3) is 5.69 Å². The Morgan fingerprint density at radius 3 is 2.36 bits per heavy atom. The van der Waals surface area contributed by atoms with Gasteiger partial charge >= 0.3 is 0 Å². The third-order valence-electron chi connectivity index (χ3n) is 6.98. The summed E-state index contributed by atoms with van der Waals surface area (Å²) in [6.07, 6.45) is 4.51. The van der Waals surface area contributed by atoms with Crippen LogP contribution in [0.2, 0.25) is 0 Å². The summed E-state index contributed by atoms with van der Waals surface area (Å²) >= 11 is 0. The summed E-state index contributed by atoms with van der Waals surface area (Å²) in [5, 5.41) is 23.6. The molecule has 1 aliphatic heterocycles. The Morgan fingerprint density at radius 1 is 1.15 bits per heavy atom. The van der Waals surface area contributed by atoms with Crippen molar-refractivity contribution in [3.8, 4) is 6.07 Å². The van der Waals surface area contributed by atoms with Gasteiger partial charge in [-0.2, -0.15) is 5.26 Å². The molecule has 0 spiro atoms. The first kappa shape index (κ1) is 22.8. The second-order valence-corrected chi connectivity index (χ2v) is 8.94. The van der Waals surface area contributed by atoms with Gasteiger partial charge in [-0.1, -0.05) is 12.8 Å². The van der Waals surface area contributed by atoms with Gasteiger partial charge in [-0.15, -0.1) is 0 Å². The van der Waals surface area contributed by atoms with Crippen LogP contribution < -0.4 is 10.2 Å². The number of nitriles is 1. The van der Waals surface area contributed by atoms with Gasteiger partial charge in [-0.3, -0.25) is 19.8 Å². The molecule has 1 N–H and O–H groups in total. The maximum atomic E-state index is 12.9. The van der Waals surface area contributed by atoms with E-state index < -0.39 is 4.92 Å². The van der Waals surface area contributed by atoms with Gasteiger partial charge in [-0.25, -0.2) is 0 Å². The summed E-state index contributed by atoms with van der Waals surface area (Å²) in [6, 6.07) is 9.21. The molecule has 2 fully saturated rings. The van der Waals surface area contributed by atoms with Crippen LogP contribution in [-0.2, 0) is 4.79 Å². The zero-order chi connectivity index (χ0) is 23.5. The number of benzene rings is 1. The molecule has 9 heteroatoms. The Hall–Kier alpha value is -3.38.